The predicted octanol–water partition coefficient (Wildman–Crippen LogP) is 2.99. The maximum absolute atomic E-state index is 12.9. The largest absolute Gasteiger partial charge is 0.487 e. The van der Waals surface area contributed by atoms with Crippen LogP contribution in [0.1, 0.15) is 17.3 Å². The average Bonchev–Trinajstić information content (AvgIpc) is 3.00. The molecule has 1 aromatic heterocycles. The number of imidazole rings is 1. The van der Waals surface area contributed by atoms with Crippen molar-refractivity contribution in [2.24, 2.45) is 0 Å². The molecule has 0 fully saturated rings. The Balaban J connectivity index is 1.76. The summed E-state index contributed by atoms with van der Waals surface area (Å²) in [6.45, 7) is 2.51. The maximum Gasteiger partial charge on any atom is 0.258 e. The van der Waals surface area contributed by atoms with Crippen molar-refractivity contribution in [3.8, 4) is 5.75 Å². The van der Waals surface area contributed by atoms with Crippen LogP contribution in [-0.2, 0) is 0 Å². The summed E-state index contributed by atoms with van der Waals surface area (Å²) in [6.07, 6.45) is 1.60. The highest BCUT2D eigenvalue weighted by molar-refractivity contribution is 6.08. The van der Waals surface area contributed by atoms with Gasteiger partial charge in [0.05, 0.1) is 29.6 Å². The molecular weight excluding hydrogens is 278 g/mol. The summed E-state index contributed by atoms with van der Waals surface area (Å²) < 4.78 is 5.80. The van der Waals surface area contributed by atoms with Crippen molar-refractivity contribution < 1.29 is 9.53 Å². The number of ether oxygens (including phenoxy) is 1. The molecule has 5 heteroatoms. The average molecular weight is 293 g/mol. The van der Waals surface area contributed by atoms with Crippen molar-refractivity contribution in [1.82, 2.24) is 9.97 Å². The second-order valence-corrected chi connectivity index (χ2v) is 5.45. The molecule has 2 heterocycles. The number of fused-ring (bicyclic) bond motifs is 2. The predicted molar refractivity (Wildman–Crippen MR) is 84.3 cm³/mol. The SMILES string of the molecule is CC1CN(C(=O)c2ccc3nc[nH]c3c2)c2ccccc2O1. The van der Waals surface area contributed by atoms with Gasteiger partial charge in [-0.1, -0.05) is 12.1 Å². The molecule has 1 aliphatic rings. The lowest BCUT2D eigenvalue weighted by Gasteiger charge is -2.33. The molecule has 1 atom stereocenters. The molecule has 2 aromatic carbocycles. The van der Waals surface area contributed by atoms with Crippen molar-refractivity contribution in [3.05, 3.63) is 54.4 Å². The molecule has 3 aromatic rings. The summed E-state index contributed by atoms with van der Waals surface area (Å²) in [5, 5.41) is 0. The molecule has 0 saturated heterocycles. The Labute approximate surface area is 127 Å². The summed E-state index contributed by atoms with van der Waals surface area (Å²) in [5.74, 6) is 0.719. The van der Waals surface area contributed by atoms with Crippen molar-refractivity contribution in [3.63, 3.8) is 0 Å². The zero-order chi connectivity index (χ0) is 15.1. The van der Waals surface area contributed by atoms with Crippen LogP contribution < -0.4 is 9.64 Å². The van der Waals surface area contributed by atoms with Crippen LogP contribution in [0.4, 0.5) is 5.69 Å². The number of nitrogens with zero attached hydrogens (tertiary/aromatic N) is 2. The molecule has 1 aliphatic heterocycles. The number of carbonyl (C=O) groups excluding carboxylic acids is 1. The molecule has 0 spiro atoms. The lowest BCUT2D eigenvalue weighted by Crippen LogP contribution is -2.42. The first kappa shape index (κ1) is 12.9. The minimum Gasteiger partial charge on any atom is -0.487 e. The van der Waals surface area contributed by atoms with Gasteiger partial charge in [-0.25, -0.2) is 4.98 Å². The first-order valence-corrected chi connectivity index (χ1v) is 7.23. The third-order valence-corrected chi connectivity index (χ3v) is 3.84. The van der Waals surface area contributed by atoms with E-state index in [1.54, 1.807) is 11.2 Å². The number of carbonyl (C=O) groups is 1. The maximum atomic E-state index is 12.9. The number of nitrogens with one attached hydrogen (secondary N) is 1. The van der Waals surface area contributed by atoms with E-state index in [4.69, 9.17) is 4.74 Å². The Morgan fingerprint density at radius 3 is 3.09 bits per heavy atom. The first-order valence-electron chi connectivity index (χ1n) is 7.23. The molecule has 0 saturated carbocycles. The number of anilines is 1. The van der Waals surface area contributed by atoms with Gasteiger partial charge in [-0.2, -0.15) is 0 Å². The van der Waals surface area contributed by atoms with E-state index in [-0.39, 0.29) is 12.0 Å². The fourth-order valence-corrected chi connectivity index (χ4v) is 2.81. The Bertz CT molecular complexity index is 856. The minimum atomic E-state index is -0.0327. The molecular formula is C17H15N3O2. The number of H-pyrrole nitrogens is 1. The monoisotopic (exact) mass is 293 g/mol. The zero-order valence-electron chi connectivity index (χ0n) is 12.1. The van der Waals surface area contributed by atoms with Crippen molar-refractivity contribution in [1.29, 1.82) is 0 Å². The van der Waals surface area contributed by atoms with Gasteiger partial charge in [0.15, 0.2) is 0 Å². The summed E-state index contributed by atoms with van der Waals surface area (Å²) in [4.78, 5) is 21.9. The van der Waals surface area contributed by atoms with Crippen LogP contribution in [-0.4, -0.2) is 28.5 Å². The zero-order valence-corrected chi connectivity index (χ0v) is 12.1. The van der Waals surface area contributed by atoms with Gasteiger partial charge >= 0.3 is 0 Å². The Kier molecular flexibility index (Phi) is 2.85. The number of rotatable bonds is 1. The van der Waals surface area contributed by atoms with Gasteiger partial charge in [-0.15, -0.1) is 0 Å². The van der Waals surface area contributed by atoms with Crippen LogP contribution in [0.3, 0.4) is 0 Å². The third kappa shape index (κ3) is 2.02. The number of aromatic amines is 1. The summed E-state index contributed by atoms with van der Waals surface area (Å²) in [6, 6.07) is 13.1. The molecule has 110 valence electrons. The number of hydrogen-bond donors (Lipinski definition) is 1. The third-order valence-electron chi connectivity index (χ3n) is 3.84. The normalized spacial score (nSPS) is 17.1. The Hall–Kier alpha value is -2.82. The van der Waals surface area contributed by atoms with E-state index in [1.807, 2.05) is 49.4 Å². The molecule has 1 N–H and O–H groups in total. The van der Waals surface area contributed by atoms with Crippen LogP contribution in [0, 0.1) is 0 Å². The Morgan fingerprint density at radius 2 is 2.18 bits per heavy atom. The summed E-state index contributed by atoms with van der Waals surface area (Å²) >= 11 is 0. The molecule has 1 amide bonds. The van der Waals surface area contributed by atoms with Gasteiger partial charge < -0.3 is 14.6 Å². The van der Waals surface area contributed by atoms with Crippen LogP contribution >= 0.6 is 0 Å². The van der Waals surface area contributed by atoms with Crippen molar-refractivity contribution in [2.75, 3.05) is 11.4 Å². The van der Waals surface area contributed by atoms with E-state index in [9.17, 15) is 4.79 Å². The second-order valence-electron chi connectivity index (χ2n) is 5.45. The fourth-order valence-electron chi connectivity index (χ4n) is 2.81. The number of benzene rings is 2. The van der Waals surface area contributed by atoms with Crippen LogP contribution in [0.5, 0.6) is 5.75 Å². The van der Waals surface area contributed by atoms with Crippen LogP contribution in [0.2, 0.25) is 0 Å². The summed E-state index contributed by atoms with van der Waals surface area (Å²) in [7, 11) is 0. The second kappa shape index (κ2) is 4.87. The quantitative estimate of drug-likeness (QED) is 0.750. The summed E-state index contributed by atoms with van der Waals surface area (Å²) in [5.41, 5.74) is 3.17. The van der Waals surface area contributed by atoms with E-state index < -0.39 is 0 Å². The van der Waals surface area contributed by atoms with Crippen LogP contribution in [0.25, 0.3) is 11.0 Å². The van der Waals surface area contributed by atoms with Gasteiger partial charge in [0.1, 0.15) is 11.9 Å². The highest BCUT2D eigenvalue weighted by Gasteiger charge is 2.28. The number of para-hydroxylation sites is 2. The standard InChI is InChI=1S/C17H15N3O2/c1-11-9-20(15-4-2-3-5-16(15)22-11)17(21)12-6-7-13-14(8-12)19-10-18-13/h2-8,10-11H,9H2,1H3,(H,18,19). The molecule has 5 nitrogen and oxygen atoms in total. The van der Waals surface area contributed by atoms with E-state index in [0.29, 0.717) is 12.1 Å². The van der Waals surface area contributed by atoms with E-state index in [0.717, 1.165) is 22.5 Å². The molecule has 0 radical (unpaired) electrons. The highest BCUT2D eigenvalue weighted by Crippen LogP contribution is 2.34. The number of aromatic nitrogens is 2. The lowest BCUT2D eigenvalue weighted by molar-refractivity contribution is 0.0961. The van der Waals surface area contributed by atoms with Gasteiger partial charge in [0.2, 0.25) is 0 Å². The molecule has 0 bridgehead atoms. The van der Waals surface area contributed by atoms with Crippen molar-refractivity contribution in [2.45, 2.75) is 13.0 Å². The van der Waals surface area contributed by atoms with E-state index in [1.165, 1.54) is 0 Å². The number of amides is 1. The molecule has 0 aliphatic carbocycles. The van der Waals surface area contributed by atoms with Gasteiger partial charge in [-0.05, 0) is 37.3 Å². The van der Waals surface area contributed by atoms with Crippen LogP contribution in [0.15, 0.2) is 48.8 Å². The molecule has 1 unspecified atom stereocenters. The highest BCUT2D eigenvalue weighted by atomic mass is 16.5. The topological polar surface area (TPSA) is 58.2 Å². The van der Waals surface area contributed by atoms with Gasteiger partial charge in [0, 0.05) is 5.56 Å². The van der Waals surface area contributed by atoms with Crippen molar-refractivity contribution >= 4 is 22.6 Å². The fraction of sp³-hybridized carbons (Fsp3) is 0.176. The lowest BCUT2D eigenvalue weighted by atomic mass is 10.1. The first-order chi connectivity index (χ1) is 10.7. The van der Waals surface area contributed by atoms with Gasteiger partial charge in [-0.3, -0.25) is 4.79 Å². The van der Waals surface area contributed by atoms with Gasteiger partial charge in [0.25, 0.3) is 5.91 Å². The molecule has 22 heavy (non-hydrogen) atoms. The minimum absolute atomic E-state index is 0.0286. The molecule has 4 rings (SSSR count). The Morgan fingerprint density at radius 1 is 1.32 bits per heavy atom. The van der Waals surface area contributed by atoms with E-state index in [2.05, 4.69) is 9.97 Å². The number of hydrogen-bond acceptors (Lipinski definition) is 3. The smallest absolute Gasteiger partial charge is 0.258 e. The van der Waals surface area contributed by atoms with E-state index >= 15 is 0 Å².